The van der Waals surface area contributed by atoms with Crippen molar-refractivity contribution in [1.82, 2.24) is 10.4 Å². The van der Waals surface area contributed by atoms with E-state index in [2.05, 4.69) is 12.3 Å². The average molecular weight is 356 g/mol. The summed E-state index contributed by atoms with van der Waals surface area (Å²) in [4.78, 5) is 11.1. The quantitative estimate of drug-likeness (QED) is 0.887. The molecule has 0 saturated heterocycles. The number of Topliss-reactive ketones (excluding diaryl/α,β-unsaturated/α-hetero) is 1. The maximum atomic E-state index is 13.1. The fourth-order valence-electron chi connectivity index (χ4n) is 3.21. The van der Waals surface area contributed by atoms with Crippen molar-refractivity contribution in [2.24, 2.45) is 5.92 Å². The normalized spacial score (nSPS) is 23.2. The van der Waals surface area contributed by atoms with Gasteiger partial charge in [-0.2, -0.15) is 0 Å². The van der Waals surface area contributed by atoms with E-state index < -0.39 is 0 Å². The lowest BCUT2D eigenvalue weighted by Crippen LogP contribution is -2.32. The third kappa shape index (κ3) is 4.05. The van der Waals surface area contributed by atoms with Gasteiger partial charge in [0.05, 0.1) is 11.8 Å². The Morgan fingerprint density at radius 2 is 2.08 bits per heavy atom. The fourth-order valence-corrected chi connectivity index (χ4v) is 3.21. The molecule has 0 radical (unpaired) electrons. The molecule has 3 aliphatic rings. The molecule has 26 heavy (non-hydrogen) atoms. The molecule has 0 bridgehead atoms. The first-order chi connectivity index (χ1) is 12.5. The molecule has 1 aromatic rings. The van der Waals surface area contributed by atoms with Gasteiger partial charge < -0.3 is 4.74 Å². The van der Waals surface area contributed by atoms with E-state index in [0.29, 0.717) is 24.0 Å². The van der Waals surface area contributed by atoms with Crippen LogP contribution in [0.5, 0.6) is 5.75 Å². The summed E-state index contributed by atoms with van der Waals surface area (Å²) in [5, 5.41) is 1.87. The molecule has 1 N–H and O–H groups in total. The average Bonchev–Trinajstić information content (AvgIpc) is 3.02. The summed E-state index contributed by atoms with van der Waals surface area (Å²) in [7, 11) is 0. The van der Waals surface area contributed by atoms with Crippen molar-refractivity contribution in [3.8, 4) is 5.75 Å². The summed E-state index contributed by atoms with van der Waals surface area (Å²) < 4.78 is 18.8. The van der Waals surface area contributed by atoms with Gasteiger partial charge in [0, 0.05) is 23.9 Å². The lowest BCUT2D eigenvalue weighted by molar-refractivity contribution is -0.113. The zero-order valence-electron chi connectivity index (χ0n) is 15.5. The molecule has 0 atom stereocenters. The van der Waals surface area contributed by atoms with Crippen molar-refractivity contribution in [2.75, 3.05) is 6.54 Å². The molecule has 4 nitrogen and oxygen atoms in total. The molecular formula is C21H25FN2O2. The number of carbonyl (C=O) groups is 1. The smallest absolute Gasteiger partial charge is 0.159 e. The maximum absolute atomic E-state index is 13.1. The molecule has 1 aliphatic carbocycles. The van der Waals surface area contributed by atoms with E-state index in [1.807, 2.05) is 35.5 Å². The van der Waals surface area contributed by atoms with Crippen LogP contribution in [0.1, 0.15) is 32.3 Å². The Morgan fingerprint density at radius 3 is 2.77 bits per heavy atom. The van der Waals surface area contributed by atoms with Gasteiger partial charge in [0.1, 0.15) is 11.6 Å². The molecule has 0 amide bonds. The molecule has 5 heteroatoms. The minimum atomic E-state index is -0.185. The van der Waals surface area contributed by atoms with Gasteiger partial charge in [0.2, 0.25) is 0 Å². The largest absolute Gasteiger partial charge is 0.490 e. The zero-order valence-corrected chi connectivity index (χ0v) is 15.5. The minimum Gasteiger partial charge on any atom is -0.490 e. The zero-order chi connectivity index (χ0) is 18.7. The number of ketones is 1. The number of ether oxygens (including phenoxy) is 1. The Morgan fingerprint density at radius 1 is 1.31 bits per heavy atom. The summed E-state index contributed by atoms with van der Waals surface area (Å²) in [6.45, 7) is 6.20. The van der Waals surface area contributed by atoms with Crippen molar-refractivity contribution in [1.29, 1.82) is 0 Å². The number of carbonyl (C=O) groups excluding carboxylic acids is 1. The number of hydrogen-bond donors (Lipinski definition) is 1. The molecule has 1 saturated carbocycles. The number of fused-ring (bicyclic) bond motifs is 1. The van der Waals surface area contributed by atoms with Gasteiger partial charge in [-0.05, 0) is 56.9 Å². The molecule has 2 aliphatic heterocycles. The van der Waals surface area contributed by atoms with Gasteiger partial charge in [-0.25, -0.2) is 9.82 Å². The third-order valence-corrected chi connectivity index (χ3v) is 4.86. The van der Waals surface area contributed by atoms with Crippen molar-refractivity contribution < 1.29 is 13.9 Å². The second-order valence-corrected chi connectivity index (χ2v) is 7.00. The highest BCUT2D eigenvalue weighted by molar-refractivity contribution is 5.95. The predicted octanol–water partition coefficient (Wildman–Crippen LogP) is 4.04. The lowest BCUT2D eigenvalue weighted by atomic mass is 9.84. The van der Waals surface area contributed by atoms with Crippen LogP contribution in [0.15, 0.2) is 53.9 Å². The summed E-state index contributed by atoms with van der Waals surface area (Å²) in [6, 6.07) is 4.99. The van der Waals surface area contributed by atoms with Gasteiger partial charge in [0.25, 0.3) is 0 Å². The topological polar surface area (TPSA) is 41.6 Å². The van der Waals surface area contributed by atoms with Crippen LogP contribution in [0.3, 0.4) is 0 Å². The van der Waals surface area contributed by atoms with Crippen LogP contribution in [-0.4, -0.2) is 23.4 Å². The van der Waals surface area contributed by atoms with Crippen LogP contribution in [0.25, 0.3) is 0 Å². The Bertz CT molecular complexity index is 776. The molecular weight excluding hydrogens is 331 g/mol. The highest BCUT2D eigenvalue weighted by atomic mass is 19.1. The molecule has 138 valence electrons. The monoisotopic (exact) mass is 356 g/mol. The van der Waals surface area contributed by atoms with Gasteiger partial charge in [-0.1, -0.05) is 19.1 Å². The lowest BCUT2D eigenvalue weighted by Gasteiger charge is -2.33. The fraction of sp³-hybridized carbons (Fsp3) is 0.381. The molecule has 2 heterocycles. The second-order valence-electron chi connectivity index (χ2n) is 7.00. The first-order valence-electron chi connectivity index (χ1n) is 8.99. The summed E-state index contributed by atoms with van der Waals surface area (Å²) in [6.07, 6.45) is 10.2. The molecule has 0 aromatic heterocycles. The summed E-state index contributed by atoms with van der Waals surface area (Å²) in [5.74, 6) is 1.41. The van der Waals surface area contributed by atoms with Gasteiger partial charge in [0.15, 0.2) is 5.78 Å². The number of halogens is 1. The van der Waals surface area contributed by atoms with E-state index in [0.717, 1.165) is 30.0 Å². The SMILES string of the molecule is CC(=O)C1=C2C=CC=CN2NC1.Cc1c(F)cccc1OC1CC(C)C1. The van der Waals surface area contributed by atoms with Crippen molar-refractivity contribution in [3.05, 3.63) is 65.3 Å². The number of rotatable bonds is 3. The number of hydrogen-bond acceptors (Lipinski definition) is 4. The Hall–Kier alpha value is -2.40. The first-order valence-corrected chi connectivity index (χ1v) is 8.99. The van der Waals surface area contributed by atoms with E-state index in [1.54, 1.807) is 19.9 Å². The van der Waals surface area contributed by atoms with Crippen molar-refractivity contribution in [3.63, 3.8) is 0 Å². The van der Waals surface area contributed by atoms with Crippen LogP contribution in [0, 0.1) is 18.7 Å². The van der Waals surface area contributed by atoms with E-state index in [9.17, 15) is 9.18 Å². The predicted molar refractivity (Wildman–Crippen MR) is 99.8 cm³/mol. The van der Waals surface area contributed by atoms with Crippen LogP contribution in [0.4, 0.5) is 4.39 Å². The molecule has 1 aromatic carbocycles. The maximum Gasteiger partial charge on any atom is 0.159 e. The molecule has 0 spiro atoms. The highest BCUT2D eigenvalue weighted by Crippen LogP contribution is 2.32. The number of allylic oxidation sites excluding steroid dienone is 3. The summed E-state index contributed by atoms with van der Waals surface area (Å²) >= 11 is 0. The van der Waals surface area contributed by atoms with Crippen LogP contribution < -0.4 is 10.2 Å². The van der Waals surface area contributed by atoms with Gasteiger partial charge in [-0.15, -0.1) is 0 Å². The van der Waals surface area contributed by atoms with E-state index in [1.165, 1.54) is 6.07 Å². The second kappa shape index (κ2) is 7.87. The number of benzene rings is 1. The molecule has 0 unspecified atom stereocenters. The van der Waals surface area contributed by atoms with E-state index in [4.69, 9.17) is 4.74 Å². The van der Waals surface area contributed by atoms with Crippen LogP contribution in [0.2, 0.25) is 0 Å². The molecule has 1 fully saturated rings. The Balaban J connectivity index is 0.000000152. The highest BCUT2D eigenvalue weighted by Gasteiger charge is 2.27. The molecule has 4 rings (SSSR count). The third-order valence-electron chi connectivity index (χ3n) is 4.86. The van der Waals surface area contributed by atoms with Gasteiger partial charge in [-0.3, -0.25) is 9.80 Å². The van der Waals surface area contributed by atoms with E-state index in [-0.39, 0.29) is 11.6 Å². The first kappa shape index (κ1) is 18.4. The standard InChI is InChI=1S/C12H15FO.C9H10N2O/c1-8-6-10(7-8)14-12-5-3-4-11(13)9(12)2;1-7(12)8-6-10-11-5-3-2-4-9(8)11/h3-5,8,10H,6-7H2,1-2H3;2-5,10H,6H2,1H3. The Kier molecular flexibility index (Phi) is 5.57. The minimum absolute atomic E-state index is 0.139. The van der Waals surface area contributed by atoms with Crippen LogP contribution in [-0.2, 0) is 4.79 Å². The summed E-state index contributed by atoms with van der Waals surface area (Å²) in [5.41, 5.74) is 5.54. The Labute approximate surface area is 154 Å². The van der Waals surface area contributed by atoms with Crippen LogP contribution >= 0.6 is 0 Å². The number of nitrogens with one attached hydrogen (secondary N) is 1. The van der Waals surface area contributed by atoms with Crippen molar-refractivity contribution in [2.45, 2.75) is 39.7 Å². The number of nitrogens with zero attached hydrogens (tertiary/aromatic N) is 1. The number of hydrazine groups is 1. The van der Waals surface area contributed by atoms with Gasteiger partial charge >= 0.3 is 0 Å². The van der Waals surface area contributed by atoms with E-state index >= 15 is 0 Å². The van der Waals surface area contributed by atoms with Crippen molar-refractivity contribution >= 4 is 5.78 Å².